The van der Waals surface area contributed by atoms with Gasteiger partial charge in [0.2, 0.25) is 0 Å². The maximum atomic E-state index is 10.6. The summed E-state index contributed by atoms with van der Waals surface area (Å²) in [6, 6.07) is 9.55. The Morgan fingerprint density at radius 3 is 2.88 bits per heavy atom. The number of carboxylic acids is 1. The molecule has 2 rings (SSSR count). The summed E-state index contributed by atoms with van der Waals surface area (Å²) in [5, 5.41) is 12.7. The maximum absolute atomic E-state index is 10.6. The van der Waals surface area contributed by atoms with Crippen LogP contribution in [0, 0.1) is 6.92 Å². The van der Waals surface area contributed by atoms with Crippen molar-refractivity contribution < 1.29 is 9.90 Å². The van der Waals surface area contributed by atoms with E-state index in [9.17, 15) is 4.79 Å². The summed E-state index contributed by atoms with van der Waals surface area (Å²) in [6.45, 7) is 2.62. The molecule has 0 unspecified atom stereocenters. The van der Waals surface area contributed by atoms with Crippen LogP contribution in [0.1, 0.15) is 21.6 Å². The highest BCUT2D eigenvalue weighted by Gasteiger charge is 2.06. The zero-order valence-electron chi connectivity index (χ0n) is 8.92. The fourth-order valence-electron chi connectivity index (χ4n) is 1.56. The minimum atomic E-state index is -0.997. The van der Waals surface area contributed by atoms with Gasteiger partial charge in [0, 0.05) is 6.20 Å². The Balaban J connectivity index is 2.17. The third-order valence-electron chi connectivity index (χ3n) is 2.29. The largest absolute Gasteiger partial charge is 0.476 e. The van der Waals surface area contributed by atoms with E-state index in [2.05, 4.69) is 11.2 Å². The Hall–Kier alpha value is -2.10. The molecule has 4 heteroatoms. The lowest BCUT2D eigenvalue weighted by Crippen LogP contribution is -2.03. The summed E-state index contributed by atoms with van der Waals surface area (Å²) >= 11 is 0. The standard InChI is InChI=1S/C12H12N2O2/c1-9-3-2-4-10(7-9)8-14-6-5-11(13-14)12(15)16/h2-7H,8H2,1H3,(H,15,16). The van der Waals surface area contributed by atoms with Crippen molar-refractivity contribution in [1.82, 2.24) is 9.78 Å². The van der Waals surface area contributed by atoms with Gasteiger partial charge in [-0.2, -0.15) is 5.10 Å². The quantitative estimate of drug-likeness (QED) is 0.853. The molecule has 1 N–H and O–H groups in total. The van der Waals surface area contributed by atoms with E-state index in [0.717, 1.165) is 5.56 Å². The molecule has 1 heterocycles. The van der Waals surface area contributed by atoms with E-state index >= 15 is 0 Å². The van der Waals surface area contributed by atoms with E-state index in [0.29, 0.717) is 6.54 Å². The summed E-state index contributed by atoms with van der Waals surface area (Å²) in [4.78, 5) is 10.6. The Labute approximate surface area is 93.1 Å². The van der Waals surface area contributed by atoms with Gasteiger partial charge in [-0.15, -0.1) is 0 Å². The zero-order valence-corrected chi connectivity index (χ0v) is 8.92. The number of aromatic carboxylic acids is 1. The highest BCUT2D eigenvalue weighted by atomic mass is 16.4. The van der Waals surface area contributed by atoms with Crippen molar-refractivity contribution in [2.24, 2.45) is 0 Å². The number of carbonyl (C=O) groups is 1. The van der Waals surface area contributed by atoms with Gasteiger partial charge >= 0.3 is 5.97 Å². The van der Waals surface area contributed by atoms with Crippen LogP contribution in [0.4, 0.5) is 0 Å². The van der Waals surface area contributed by atoms with Gasteiger partial charge in [0.25, 0.3) is 0 Å². The monoisotopic (exact) mass is 216 g/mol. The van der Waals surface area contributed by atoms with Gasteiger partial charge in [-0.1, -0.05) is 29.8 Å². The normalized spacial score (nSPS) is 10.3. The molecule has 0 aliphatic carbocycles. The number of nitrogens with zero attached hydrogens (tertiary/aromatic N) is 2. The average molecular weight is 216 g/mol. The first kappa shape index (κ1) is 10.4. The molecule has 0 aliphatic rings. The Bertz CT molecular complexity index is 517. The maximum Gasteiger partial charge on any atom is 0.356 e. The smallest absolute Gasteiger partial charge is 0.356 e. The molecule has 0 bridgehead atoms. The SMILES string of the molecule is Cc1cccc(Cn2ccc(C(=O)O)n2)c1. The molecule has 0 radical (unpaired) electrons. The van der Waals surface area contributed by atoms with Crippen molar-refractivity contribution in [3.05, 3.63) is 53.3 Å². The Kier molecular flexibility index (Phi) is 2.72. The fourth-order valence-corrected chi connectivity index (χ4v) is 1.56. The van der Waals surface area contributed by atoms with E-state index in [1.165, 1.54) is 11.6 Å². The first-order valence-corrected chi connectivity index (χ1v) is 4.97. The number of hydrogen-bond donors (Lipinski definition) is 1. The van der Waals surface area contributed by atoms with Gasteiger partial charge in [0.1, 0.15) is 0 Å². The third kappa shape index (κ3) is 2.28. The molecular weight excluding hydrogens is 204 g/mol. The molecule has 0 atom stereocenters. The average Bonchev–Trinajstić information content (AvgIpc) is 2.66. The lowest BCUT2D eigenvalue weighted by Gasteiger charge is -2.02. The van der Waals surface area contributed by atoms with Crippen LogP contribution in [0.3, 0.4) is 0 Å². The van der Waals surface area contributed by atoms with E-state index in [4.69, 9.17) is 5.11 Å². The van der Waals surface area contributed by atoms with Gasteiger partial charge in [0.05, 0.1) is 6.54 Å². The molecule has 0 spiro atoms. The summed E-state index contributed by atoms with van der Waals surface area (Å²) < 4.78 is 1.62. The van der Waals surface area contributed by atoms with Crippen LogP contribution in [0.15, 0.2) is 36.5 Å². The van der Waals surface area contributed by atoms with E-state index < -0.39 is 5.97 Å². The number of aromatic nitrogens is 2. The molecule has 0 amide bonds. The van der Waals surface area contributed by atoms with Gasteiger partial charge in [-0.3, -0.25) is 4.68 Å². The predicted molar refractivity (Wildman–Crippen MR) is 59.5 cm³/mol. The topological polar surface area (TPSA) is 55.1 Å². The number of aryl methyl sites for hydroxylation is 1. The zero-order chi connectivity index (χ0) is 11.5. The highest BCUT2D eigenvalue weighted by molar-refractivity contribution is 5.85. The van der Waals surface area contributed by atoms with Gasteiger partial charge in [-0.25, -0.2) is 4.79 Å². The summed E-state index contributed by atoms with van der Waals surface area (Å²) in [7, 11) is 0. The second-order valence-corrected chi connectivity index (χ2v) is 3.69. The van der Waals surface area contributed by atoms with Crippen molar-refractivity contribution in [3.63, 3.8) is 0 Å². The molecule has 0 fully saturated rings. The first-order valence-electron chi connectivity index (χ1n) is 4.97. The molecule has 4 nitrogen and oxygen atoms in total. The fraction of sp³-hybridized carbons (Fsp3) is 0.167. The van der Waals surface area contributed by atoms with Crippen LogP contribution in [0.25, 0.3) is 0 Å². The molecule has 2 aromatic rings. The summed E-state index contributed by atoms with van der Waals surface area (Å²) in [5.74, 6) is -0.997. The van der Waals surface area contributed by atoms with Crippen LogP contribution < -0.4 is 0 Å². The van der Waals surface area contributed by atoms with Crippen molar-refractivity contribution in [2.45, 2.75) is 13.5 Å². The molecule has 0 aliphatic heterocycles. The van der Waals surface area contributed by atoms with Gasteiger partial charge in [0.15, 0.2) is 5.69 Å². The summed E-state index contributed by atoms with van der Waals surface area (Å²) in [5.41, 5.74) is 2.37. The molecule has 0 saturated carbocycles. The van der Waals surface area contributed by atoms with Crippen LogP contribution >= 0.6 is 0 Å². The molecule has 82 valence electrons. The van der Waals surface area contributed by atoms with Gasteiger partial charge < -0.3 is 5.11 Å². The number of rotatable bonds is 3. The lowest BCUT2D eigenvalue weighted by molar-refractivity contribution is 0.0689. The minimum Gasteiger partial charge on any atom is -0.476 e. The molecule has 16 heavy (non-hydrogen) atoms. The molecule has 1 aromatic carbocycles. The van der Waals surface area contributed by atoms with E-state index in [1.54, 1.807) is 10.9 Å². The first-order chi connectivity index (χ1) is 7.65. The minimum absolute atomic E-state index is 0.0765. The van der Waals surface area contributed by atoms with Crippen molar-refractivity contribution >= 4 is 5.97 Å². The predicted octanol–water partition coefficient (Wildman–Crippen LogP) is 1.94. The van der Waals surface area contributed by atoms with Crippen LogP contribution in [-0.4, -0.2) is 20.9 Å². The van der Waals surface area contributed by atoms with E-state index in [1.807, 2.05) is 25.1 Å². The second kappa shape index (κ2) is 4.18. The lowest BCUT2D eigenvalue weighted by atomic mass is 10.1. The second-order valence-electron chi connectivity index (χ2n) is 3.69. The Morgan fingerprint density at radius 1 is 1.44 bits per heavy atom. The Morgan fingerprint density at radius 2 is 2.25 bits per heavy atom. The third-order valence-corrected chi connectivity index (χ3v) is 2.29. The molecule has 0 saturated heterocycles. The number of benzene rings is 1. The van der Waals surface area contributed by atoms with Crippen LogP contribution in [-0.2, 0) is 6.54 Å². The van der Waals surface area contributed by atoms with Crippen LogP contribution in [0.2, 0.25) is 0 Å². The van der Waals surface area contributed by atoms with Crippen LogP contribution in [0.5, 0.6) is 0 Å². The van der Waals surface area contributed by atoms with Crippen molar-refractivity contribution in [1.29, 1.82) is 0 Å². The number of carboxylic acid groups (broad SMARTS) is 1. The highest BCUT2D eigenvalue weighted by Crippen LogP contribution is 2.06. The van der Waals surface area contributed by atoms with E-state index in [-0.39, 0.29) is 5.69 Å². The summed E-state index contributed by atoms with van der Waals surface area (Å²) in [6.07, 6.45) is 1.67. The van der Waals surface area contributed by atoms with Crippen molar-refractivity contribution in [3.8, 4) is 0 Å². The molecule has 1 aromatic heterocycles. The molecular formula is C12H12N2O2. The number of hydrogen-bond acceptors (Lipinski definition) is 2. The van der Waals surface area contributed by atoms with Crippen molar-refractivity contribution in [2.75, 3.05) is 0 Å². The van der Waals surface area contributed by atoms with Gasteiger partial charge in [-0.05, 0) is 18.6 Å².